The second kappa shape index (κ2) is 8.74. The van der Waals surface area contributed by atoms with E-state index in [1.54, 1.807) is 0 Å². The van der Waals surface area contributed by atoms with Crippen LogP contribution in [0.25, 0.3) is 0 Å². The van der Waals surface area contributed by atoms with Crippen LogP contribution in [0, 0.1) is 5.92 Å². The van der Waals surface area contributed by atoms with E-state index in [4.69, 9.17) is 0 Å². The van der Waals surface area contributed by atoms with Gasteiger partial charge in [0.2, 0.25) is 0 Å². The number of hydrogen-bond donors (Lipinski definition) is 2. The molecule has 0 aliphatic heterocycles. The van der Waals surface area contributed by atoms with Crippen LogP contribution in [0.15, 0.2) is 121 Å². The standard InChI is InChI=1S/C30H28O2/c31-28(23-15-7-2-8-16-23)27-26(22-13-5-1-6-14-22)21-30(27,25-19-11-4-12-20-25)29(32)24-17-9-3-10-18-24/h1-20,26-29,31-32H,21H2/t26-,27+,28?,29?,30-/m1/s1. The molecule has 0 spiro atoms. The molecule has 2 nitrogen and oxygen atoms in total. The number of aliphatic hydroxyl groups excluding tert-OH is 2. The minimum atomic E-state index is -0.727. The zero-order valence-electron chi connectivity index (χ0n) is 18.0. The molecule has 160 valence electrons. The topological polar surface area (TPSA) is 40.5 Å². The van der Waals surface area contributed by atoms with E-state index in [1.165, 1.54) is 5.56 Å². The van der Waals surface area contributed by atoms with E-state index in [2.05, 4.69) is 36.4 Å². The highest BCUT2D eigenvalue weighted by Crippen LogP contribution is 2.66. The monoisotopic (exact) mass is 420 g/mol. The summed E-state index contributed by atoms with van der Waals surface area (Å²) in [5, 5.41) is 23.6. The fourth-order valence-electron chi connectivity index (χ4n) is 5.65. The first kappa shape index (κ1) is 20.7. The minimum Gasteiger partial charge on any atom is -0.388 e. The summed E-state index contributed by atoms with van der Waals surface area (Å²) in [4.78, 5) is 0. The molecule has 2 unspecified atom stereocenters. The van der Waals surface area contributed by atoms with Crippen LogP contribution in [-0.2, 0) is 5.41 Å². The lowest BCUT2D eigenvalue weighted by molar-refractivity contribution is -0.101. The third-order valence-electron chi connectivity index (χ3n) is 7.21. The summed E-state index contributed by atoms with van der Waals surface area (Å²) in [6.45, 7) is 0. The molecule has 5 atom stereocenters. The molecule has 0 radical (unpaired) electrons. The molecule has 1 fully saturated rings. The van der Waals surface area contributed by atoms with Gasteiger partial charge in [-0.2, -0.15) is 0 Å². The molecular weight excluding hydrogens is 392 g/mol. The van der Waals surface area contributed by atoms with Gasteiger partial charge in [0.05, 0.1) is 12.2 Å². The number of benzene rings is 4. The third-order valence-corrected chi connectivity index (χ3v) is 7.21. The SMILES string of the molecule is OC(c1ccccc1)[C@@H]1[C@@H](c2ccccc2)C[C@]1(c1ccccc1)C(O)c1ccccc1. The van der Waals surface area contributed by atoms with Crippen molar-refractivity contribution in [1.29, 1.82) is 0 Å². The summed E-state index contributed by atoms with van der Waals surface area (Å²) < 4.78 is 0. The van der Waals surface area contributed by atoms with E-state index in [1.807, 2.05) is 84.9 Å². The highest BCUT2D eigenvalue weighted by Gasteiger charge is 2.61. The zero-order valence-corrected chi connectivity index (χ0v) is 18.0. The van der Waals surface area contributed by atoms with E-state index in [9.17, 15) is 10.2 Å². The second-order valence-electron chi connectivity index (χ2n) is 8.82. The Hall–Kier alpha value is -3.20. The summed E-state index contributed by atoms with van der Waals surface area (Å²) >= 11 is 0. The fourth-order valence-corrected chi connectivity index (χ4v) is 5.65. The van der Waals surface area contributed by atoms with Crippen LogP contribution in [0.5, 0.6) is 0 Å². The van der Waals surface area contributed by atoms with Crippen LogP contribution in [0.4, 0.5) is 0 Å². The first-order chi connectivity index (χ1) is 15.7. The van der Waals surface area contributed by atoms with Crippen LogP contribution in [0.3, 0.4) is 0 Å². The first-order valence-corrected chi connectivity index (χ1v) is 11.3. The molecule has 1 aliphatic carbocycles. The quantitative estimate of drug-likeness (QED) is 0.390. The van der Waals surface area contributed by atoms with Gasteiger partial charge < -0.3 is 10.2 Å². The van der Waals surface area contributed by atoms with Crippen molar-refractivity contribution in [2.75, 3.05) is 0 Å². The van der Waals surface area contributed by atoms with E-state index in [0.717, 1.165) is 23.1 Å². The van der Waals surface area contributed by atoms with Crippen molar-refractivity contribution in [3.05, 3.63) is 144 Å². The van der Waals surface area contributed by atoms with Gasteiger partial charge in [-0.3, -0.25) is 0 Å². The fraction of sp³-hybridized carbons (Fsp3) is 0.200. The molecule has 1 saturated carbocycles. The highest BCUT2D eigenvalue weighted by molar-refractivity contribution is 5.43. The Balaban J connectivity index is 1.67. The zero-order chi connectivity index (χ0) is 22.0. The molecule has 0 amide bonds. The van der Waals surface area contributed by atoms with Crippen molar-refractivity contribution < 1.29 is 10.2 Å². The van der Waals surface area contributed by atoms with Crippen LogP contribution >= 0.6 is 0 Å². The molecule has 0 saturated heterocycles. The summed E-state index contributed by atoms with van der Waals surface area (Å²) in [7, 11) is 0. The molecule has 32 heavy (non-hydrogen) atoms. The van der Waals surface area contributed by atoms with Gasteiger partial charge in [0.25, 0.3) is 0 Å². The number of hydrogen-bond acceptors (Lipinski definition) is 2. The van der Waals surface area contributed by atoms with Gasteiger partial charge in [0.15, 0.2) is 0 Å². The maximum Gasteiger partial charge on any atom is 0.0890 e. The Kier molecular flexibility index (Phi) is 5.65. The molecule has 5 rings (SSSR count). The summed E-state index contributed by atoms with van der Waals surface area (Å²) in [6.07, 6.45) is -0.658. The van der Waals surface area contributed by atoms with Crippen LogP contribution in [0.1, 0.15) is 46.8 Å². The Morgan fingerprint density at radius 3 is 1.62 bits per heavy atom. The average molecular weight is 421 g/mol. The molecule has 4 aromatic rings. The van der Waals surface area contributed by atoms with E-state index >= 15 is 0 Å². The third kappa shape index (κ3) is 3.46. The Labute approximate surface area is 189 Å². The molecule has 4 aromatic carbocycles. The van der Waals surface area contributed by atoms with Crippen molar-refractivity contribution >= 4 is 0 Å². The van der Waals surface area contributed by atoms with Crippen molar-refractivity contribution in [2.24, 2.45) is 5.92 Å². The first-order valence-electron chi connectivity index (χ1n) is 11.3. The second-order valence-corrected chi connectivity index (χ2v) is 8.82. The molecule has 0 bridgehead atoms. The molecular formula is C30H28O2. The maximum absolute atomic E-state index is 11.9. The van der Waals surface area contributed by atoms with Gasteiger partial charge in [-0.15, -0.1) is 0 Å². The Morgan fingerprint density at radius 2 is 1.06 bits per heavy atom. The van der Waals surface area contributed by atoms with Gasteiger partial charge in [0.1, 0.15) is 0 Å². The summed E-state index contributed by atoms with van der Waals surface area (Å²) in [5.74, 6) is -0.0325. The van der Waals surface area contributed by atoms with Crippen molar-refractivity contribution in [3.63, 3.8) is 0 Å². The molecule has 2 N–H and O–H groups in total. The van der Waals surface area contributed by atoms with E-state index < -0.39 is 17.6 Å². The van der Waals surface area contributed by atoms with Crippen LogP contribution in [0.2, 0.25) is 0 Å². The Bertz CT molecular complexity index is 1090. The van der Waals surface area contributed by atoms with E-state index in [-0.39, 0.29) is 11.8 Å². The van der Waals surface area contributed by atoms with Crippen molar-refractivity contribution in [3.8, 4) is 0 Å². The van der Waals surface area contributed by atoms with Gasteiger partial charge in [-0.05, 0) is 34.6 Å². The maximum atomic E-state index is 11.9. The van der Waals surface area contributed by atoms with Crippen LogP contribution < -0.4 is 0 Å². The van der Waals surface area contributed by atoms with Gasteiger partial charge >= 0.3 is 0 Å². The smallest absolute Gasteiger partial charge is 0.0890 e. The highest BCUT2D eigenvalue weighted by atomic mass is 16.3. The van der Waals surface area contributed by atoms with Gasteiger partial charge in [-0.1, -0.05) is 121 Å². The van der Waals surface area contributed by atoms with Crippen molar-refractivity contribution in [1.82, 2.24) is 0 Å². The number of aliphatic hydroxyl groups is 2. The van der Waals surface area contributed by atoms with Crippen LogP contribution in [-0.4, -0.2) is 10.2 Å². The van der Waals surface area contributed by atoms with E-state index in [0.29, 0.717) is 0 Å². The molecule has 1 aliphatic rings. The Morgan fingerprint density at radius 1 is 0.594 bits per heavy atom. The lowest BCUT2D eigenvalue weighted by atomic mass is 9.45. The summed E-state index contributed by atoms with van der Waals surface area (Å²) in [5.41, 5.74) is 3.45. The van der Waals surface area contributed by atoms with Crippen molar-refractivity contribution in [2.45, 2.75) is 30.0 Å². The molecule has 2 heteroatoms. The number of rotatable bonds is 6. The molecule has 0 aromatic heterocycles. The summed E-state index contributed by atoms with van der Waals surface area (Å²) in [6, 6.07) is 40.4. The molecule has 0 heterocycles. The van der Waals surface area contributed by atoms with Gasteiger partial charge in [-0.25, -0.2) is 0 Å². The van der Waals surface area contributed by atoms with Gasteiger partial charge in [0, 0.05) is 11.3 Å². The largest absolute Gasteiger partial charge is 0.388 e. The minimum absolute atomic E-state index is 0.143. The predicted octanol–water partition coefficient (Wildman–Crippen LogP) is 6.20. The lowest BCUT2D eigenvalue weighted by Crippen LogP contribution is -2.56. The lowest BCUT2D eigenvalue weighted by Gasteiger charge is -2.60. The predicted molar refractivity (Wildman–Crippen MR) is 128 cm³/mol. The average Bonchev–Trinajstić information content (AvgIpc) is 2.86. The normalized spacial score (nSPS) is 24.3.